The maximum Gasteiger partial charge on any atom is 0.0664 e. The number of nitrogens with one attached hydrogen (secondary N) is 1. The van der Waals surface area contributed by atoms with Gasteiger partial charge in [-0.25, -0.2) is 0 Å². The Morgan fingerprint density at radius 3 is 2.12 bits per heavy atom. The summed E-state index contributed by atoms with van der Waals surface area (Å²) in [6.07, 6.45) is 3.82. The van der Waals surface area contributed by atoms with Crippen molar-refractivity contribution in [1.29, 1.82) is 0 Å². The first-order valence-corrected chi connectivity index (χ1v) is 9.78. The van der Waals surface area contributed by atoms with Gasteiger partial charge in [-0.15, -0.1) is 0 Å². The third kappa shape index (κ3) is 4.33. The maximum atomic E-state index is 3.62. The largest absolute Gasteiger partial charge is 0.307 e. The van der Waals surface area contributed by atoms with Gasteiger partial charge in [0.2, 0.25) is 0 Å². The number of rotatable bonds is 8. The predicted molar refractivity (Wildman–Crippen MR) is 110 cm³/mol. The lowest BCUT2D eigenvalue weighted by Gasteiger charge is -2.35. The van der Waals surface area contributed by atoms with Crippen molar-refractivity contribution >= 4 is 0 Å². The molecule has 2 aromatic rings. The molecular formula is C24H35N. The standard InChI is InChI=1S/C24H35N/c1-7-18(2)16-17-19(3)21-13-9-11-15-23(21)24(5,25-6)22-14-10-8-12-20(22)4/h8-15,18-19,25H,7,16-17H2,1-6H3/t18?,19-,24-/m1/s1. The van der Waals surface area contributed by atoms with E-state index >= 15 is 0 Å². The average molecular weight is 338 g/mol. The Morgan fingerprint density at radius 1 is 0.920 bits per heavy atom. The van der Waals surface area contributed by atoms with E-state index in [-0.39, 0.29) is 5.54 Å². The second-order valence-electron chi connectivity index (χ2n) is 7.77. The van der Waals surface area contributed by atoms with E-state index in [4.69, 9.17) is 0 Å². The molecule has 2 rings (SSSR count). The fourth-order valence-electron chi connectivity index (χ4n) is 3.82. The fraction of sp³-hybridized carbons (Fsp3) is 0.500. The van der Waals surface area contributed by atoms with E-state index in [1.807, 2.05) is 0 Å². The Bertz CT molecular complexity index is 675. The predicted octanol–water partition coefficient (Wildman–Crippen LogP) is 6.41. The molecule has 0 fully saturated rings. The van der Waals surface area contributed by atoms with Gasteiger partial charge in [0.05, 0.1) is 5.54 Å². The first kappa shape index (κ1) is 19.7. The zero-order valence-corrected chi connectivity index (χ0v) is 16.9. The van der Waals surface area contributed by atoms with Crippen LogP contribution in [0.3, 0.4) is 0 Å². The van der Waals surface area contributed by atoms with Crippen LogP contribution in [0.25, 0.3) is 0 Å². The summed E-state index contributed by atoms with van der Waals surface area (Å²) >= 11 is 0. The lowest BCUT2D eigenvalue weighted by Crippen LogP contribution is -2.39. The summed E-state index contributed by atoms with van der Waals surface area (Å²) in [5.41, 5.74) is 5.40. The molecule has 0 amide bonds. The van der Waals surface area contributed by atoms with Crippen LogP contribution in [0.4, 0.5) is 0 Å². The number of aryl methyl sites for hydroxylation is 1. The van der Waals surface area contributed by atoms with Crippen molar-refractivity contribution in [1.82, 2.24) is 5.32 Å². The molecule has 0 saturated carbocycles. The maximum absolute atomic E-state index is 3.62. The van der Waals surface area contributed by atoms with Crippen LogP contribution in [0.1, 0.15) is 75.1 Å². The lowest BCUT2D eigenvalue weighted by atomic mass is 9.77. The molecule has 0 radical (unpaired) electrons. The highest BCUT2D eigenvalue weighted by atomic mass is 14.9. The lowest BCUT2D eigenvalue weighted by molar-refractivity contribution is 0.451. The van der Waals surface area contributed by atoms with Crippen molar-refractivity contribution in [3.8, 4) is 0 Å². The molecule has 0 heterocycles. The van der Waals surface area contributed by atoms with E-state index in [0.29, 0.717) is 5.92 Å². The van der Waals surface area contributed by atoms with Gasteiger partial charge in [0, 0.05) is 0 Å². The molecule has 0 aliphatic carbocycles. The molecule has 0 aliphatic rings. The molecule has 3 atom stereocenters. The Labute approximate surface area is 154 Å². The molecule has 1 nitrogen and oxygen atoms in total. The average Bonchev–Trinajstić information content (AvgIpc) is 2.65. The molecule has 1 unspecified atom stereocenters. The molecule has 0 saturated heterocycles. The van der Waals surface area contributed by atoms with Gasteiger partial charge < -0.3 is 5.32 Å². The van der Waals surface area contributed by atoms with Crippen LogP contribution in [-0.4, -0.2) is 7.05 Å². The molecule has 0 bridgehead atoms. The van der Waals surface area contributed by atoms with Gasteiger partial charge in [-0.05, 0) is 61.4 Å². The van der Waals surface area contributed by atoms with Crippen LogP contribution >= 0.6 is 0 Å². The van der Waals surface area contributed by atoms with E-state index in [9.17, 15) is 0 Å². The van der Waals surface area contributed by atoms with Gasteiger partial charge in [0.1, 0.15) is 0 Å². The number of hydrogen-bond acceptors (Lipinski definition) is 1. The molecular weight excluding hydrogens is 302 g/mol. The Kier molecular flexibility index (Phi) is 6.84. The van der Waals surface area contributed by atoms with Crippen molar-refractivity contribution in [2.24, 2.45) is 5.92 Å². The van der Waals surface area contributed by atoms with Crippen LogP contribution in [0.5, 0.6) is 0 Å². The molecule has 0 aromatic heterocycles. The van der Waals surface area contributed by atoms with E-state index in [1.165, 1.54) is 41.5 Å². The summed E-state index contributed by atoms with van der Waals surface area (Å²) < 4.78 is 0. The highest BCUT2D eigenvalue weighted by Crippen LogP contribution is 2.37. The molecule has 136 valence electrons. The minimum absolute atomic E-state index is 0.174. The van der Waals surface area contributed by atoms with E-state index < -0.39 is 0 Å². The molecule has 0 aliphatic heterocycles. The van der Waals surface area contributed by atoms with Crippen LogP contribution in [0.2, 0.25) is 0 Å². The van der Waals surface area contributed by atoms with E-state index in [0.717, 1.165) is 5.92 Å². The third-order valence-electron chi connectivity index (χ3n) is 6.00. The Hall–Kier alpha value is -1.60. The zero-order chi connectivity index (χ0) is 18.4. The minimum atomic E-state index is -0.174. The molecule has 0 spiro atoms. The zero-order valence-electron chi connectivity index (χ0n) is 16.9. The van der Waals surface area contributed by atoms with Gasteiger partial charge in [-0.3, -0.25) is 0 Å². The number of hydrogen-bond donors (Lipinski definition) is 1. The summed E-state index contributed by atoms with van der Waals surface area (Å²) in [5, 5.41) is 3.62. The SMILES string of the molecule is CCC(C)CC[C@@H](C)c1ccccc1[C@](C)(NC)c1ccccc1C. The smallest absolute Gasteiger partial charge is 0.0664 e. The van der Waals surface area contributed by atoms with Crippen LogP contribution in [0, 0.1) is 12.8 Å². The first-order chi connectivity index (χ1) is 11.9. The van der Waals surface area contributed by atoms with Gasteiger partial charge >= 0.3 is 0 Å². The summed E-state index contributed by atoms with van der Waals surface area (Å²) in [6, 6.07) is 17.7. The Morgan fingerprint density at radius 2 is 1.52 bits per heavy atom. The van der Waals surface area contributed by atoms with Crippen molar-refractivity contribution in [3.63, 3.8) is 0 Å². The summed E-state index contributed by atoms with van der Waals surface area (Å²) in [5.74, 6) is 1.38. The number of benzene rings is 2. The molecule has 25 heavy (non-hydrogen) atoms. The van der Waals surface area contributed by atoms with Crippen molar-refractivity contribution < 1.29 is 0 Å². The normalized spacial score (nSPS) is 16.2. The monoisotopic (exact) mass is 337 g/mol. The summed E-state index contributed by atoms with van der Waals surface area (Å²) in [7, 11) is 2.08. The van der Waals surface area contributed by atoms with Gasteiger partial charge in [-0.1, -0.05) is 82.1 Å². The molecule has 1 N–H and O–H groups in total. The quantitative estimate of drug-likeness (QED) is 0.587. The fourth-order valence-corrected chi connectivity index (χ4v) is 3.82. The second-order valence-corrected chi connectivity index (χ2v) is 7.77. The van der Waals surface area contributed by atoms with E-state index in [2.05, 4.69) is 95.5 Å². The van der Waals surface area contributed by atoms with E-state index in [1.54, 1.807) is 0 Å². The van der Waals surface area contributed by atoms with Crippen molar-refractivity contribution in [2.75, 3.05) is 7.05 Å². The molecule has 1 heteroatoms. The van der Waals surface area contributed by atoms with Crippen molar-refractivity contribution in [3.05, 3.63) is 70.8 Å². The second kappa shape index (κ2) is 8.67. The van der Waals surface area contributed by atoms with Crippen LogP contribution in [0.15, 0.2) is 48.5 Å². The molecule has 2 aromatic carbocycles. The van der Waals surface area contributed by atoms with Gasteiger partial charge in [-0.2, -0.15) is 0 Å². The minimum Gasteiger partial charge on any atom is -0.307 e. The van der Waals surface area contributed by atoms with Gasteiger partial charge in [0.25, 0.3) is 0 Å². The van der Waals surface area contributed by atoms with Crippen LogP contribution in [-0.2, 0) is 5.54 Å². The topological polar surface area (TPSA) is 12.0 Å². The first-order valence-electron chi connectivity index (χ1n) is 9.78. The van der Waals surface area contributed by atoms with Crippen LogP contribution < -0.4 is 5.32 Å². The summed E-state index contributed by atoms with van der Waals surface area (Å²) in [4.78, 5) is 0. The van der Waals surface area contributed by atoms with Gasteiger partial charge in [0.15, 0.2) is 0 Å². The third-order valence-corrected chi connectivity index (χ3v) is 6.00. The Balaban J connectivity index is 2.42. The highest BCUT2D eigenvalue weighted by molar-refractivity contribution is 5.46. The van der Waals surface area contributed by atoms with Crippen molar-refractivity contribution in [2.45, 2.75) is 65.3 Å². The highest BCUT2D eigenvalue weighted by Gasteiger charge is 2.31. The summed E-state index contributed by atoms with van der Waals surface area (Å²) in [6.45, 7) is 11.6.